The summed E-state index contributed by atoms with van der Waals surface area (Å²) in [5.74, 6) is -0.571. The SMILES string of the molecule is Cc1ccc(CCNC(=O)C(c2ccc(C)cc2)N2C(=O)[C@@H]3Cc4ccccc4CN3C(=O)[C@@H]2C)cc1. The highest BCUT2D eigenvalue weighted by Crippen LogP contribution is 2.34. The van der Waals surface area contributed by atoms with Crippen molar-refractivity contribution < 1.29 is 14.4 Å². The summed E-state index contributed by atoms with van der Waals surface area (Å²) >= 11 is 0. The van der Waals surface area contributed by atoms with Gasteiger partial charge in [-0.2, -0.15) is 0 Å². The quantitative estimate of drug-likeness (QED) is 0.564. The summed E-state index contributed by atoms with van der Waals surface area (Å²) in [4.78, 5) is 44.5. The molecule has 37 heavy (non-hydrogen) atoms. The lowest BCUT2D eigenvalue weighted by Crippen LogP contribution is -2.66. The van der Waals surface area contributed by atoms with Crippen molar-refractivity contribution in [3.05, 3.63) is 106 Å². The van der Waals surface area contributed by atoms with Crippen LogP contribution in [-0.2, 0) is 33.8 Å². The minimum atomic E-state index is -0.885. The number of nitrogens with one attached hydrogen (secondary N) is 1. The second kappa shape index (κ2) is 10.2. The normalized spacial score (nSPS) is 19.8. The van der Waals surface area contributed by atoms with Gasteiger partial charge in [-0.1, -0.05) is 83.9 Å². The predicted octanol–water partition coefficient (Wildman–Crippen LogP) is 3.89. The van der Waals surface area contributed by atoms with Crippen LogP contribution in [0.25, 0.3) is 0 Å². The fourth-order valence-electron chi connectivity index (χ4n) is 5.42. The molecule has 0 radical (unpaired) electrons. The van der Waals surface area contributed by atoms with E-state index in [2.05, 4.69) is 29.6 Å². The Labute approximate surface area is 218 Å². The number of fused-ring (bicyclic) bond motifs is 2. The van der Waals surface area contributed by atoms with Crippen molar-refractivity contribution >= 4 is 17.7 Å². The van der Waals surface area contributed by atoms with Gasteiger partial charge in [0.15, 0.2) is 0 Å². The van der Waals surface area contributed by atoms with Gasteiger partial charge in [-0.25, -0.2) is 0 Å². The summed E-state index contributed by atoms with van der Waals surface area (Å²) in [5.41, 5.74) is 6.24. The molecule has 2 aliphatic rings. The first kappa shape index (κ1) is 24.8. The van der Waals surface area contributed by atoms with Gasteiger partial charge >= 0.3 is 0 Å². The van der Waals surface area contributed by atoms with Crippen molar-refractivity contribution in [1.29, 1.82) is 0 Å². The van der Waals surface area contributed by atoms with E-state index in [4.69, 9.17) is 0 Å². The molecule has 2 aliphatic heterocycles. The van der Waals surface area contributed by atoms with Gasteiger partial charge in [-0.3, -0.25) is 14.4 Å². The Balaban J connectivity index is 1.42. The minimum absolute atomic E-state index is 0.122. The number of nitrogens with zero attached hydrogens (tertiary/aromatic N) is 2. The number of amides is 3. The van der Waals surface area contributed by atoms with Crippen molar-refractivity contribution in [1.82, 2.24) is 15.1 Å². The molecule has 1 saturated heterocycles. The third-order valence-electron chi connectivity index (χ3n) is 7.60. The van der Waals surface area contributed by atoms with Crippen molar-refractivity contribution in [3.8, 4) is 0 Å². The smallest absolute Gasteiger partial charge is 0.247 e. The first-order valence-corrected chi connectivity index (χ1v) is 12.9. The monoisotopic (exact) mass is 495 g/mol. The van der Waals surface area contributed by atoms with E-state index in [1.165, 1.54) is 10.5 Å². The summed E-state index contributed by atoms with van der Waals surface area (Å²) in [7, 11) is 0. The van der Waals surface area contributed by atoms with Gasteiger partial charge in [0.05, 0.1) is 0 Å². The van der Waals surface area contributed by atoms with Crippen LogP contribution in [-0.4, -0.2) is 46.1 Å². The highest BCUT2D eigenvalue weighted by Gasteiger charge is 2.49. The number of hydrogen-bond donors (Lipinski definition) is 1. The van der Waals surface area contributed by atoms with Gasteiger partial charge in [0.2, 0.25) is 17.7 Å². The Morgan fingerprint density at radius 2 is 1.51 bits per heavy atom. The van der Waals surface area contributed by atoms with Crippen LogP contribution < -0.4 is 5.32 Å². The Morgan fingerprint density at radius 1 is 0.892 bits per heavy atom. The van der Waals surface area contributed by atoms with Crippen molar-refractivity contribution in [2.24, 2.45) is 0 Å². The van der Waals surface area contributed by atoms with Crippen LogP contribution in [0.2, 0.25) is 0 Å². The molecule has 3 aromatic carbocycles. The number of hydrogen-bond acceptors (Lipinski definition) is 3. The van der Waals surface area contributed by atoms with Crippen LogP contribution in [0, 0.1) is 13.8 Å². The fourth-order valence-corrected chi connectivity index (χ4v) is 5.42. The largest absolute Gasteiger partial charge is 0.354 e. The topological polar surface area (TPSA) is 69.7 Å². The van der Waals surface area contributed by atoms with Crippen LogP contribution in [0.15, 0.2) is 72.8 Å². The van der Waals surface area contributed by atoms with Gasteiger partial charge in [-0.05, 0) is 49.4 Å². The predicted molar refractivity (Wildman–Crippen MR) is 143 cm³/mol. The Hall–Kier alpha value is -3.93. The van der Waals surface area contributed by atoms with Gasteiger partial charge in [0.1, 0.15) is 18.1 Å². The van der Waals surface area contributed by atoms with E-state index in [-0.39, 0.29) is 17.7 Å². The van der Waals surface area contributed by atoms with E-state index in [0.717, 1.165) is 22.3 Å². The third-order valence-corrected chi connectivity index (χ3v) is 7.60. The molecular formula is C31H33N3O3. The first-order chi connectivity index (χ1) is 17.8. The summed E-state index contributed by atoms with van der Waals surface area (Å²) in [5, 5.41) is 3.04. The summed E-state index contributed by atoms with van der Waals surface area (Å²) in [6.45, 7) is 6.62. The Bertz CT molecular complexity index is 1320. The van der Waals surface area contributed by atoms with Gasteiger partial charge < -0.3 is 15.1 Å². The number of aryl methyl sites for hydroxylation is 2. The van der Waals surface area contributed by atoms with Crippen LogP contribution >= 0.6 is 0 Å². The number of carbonyl (C=O) groups is 3. The van der Waals surface area contributed by atoms with E-state index >= 15 is 0 Å². The van der Waals surface area contributed by atoms with E-state index in [1.54, 1.807) is 11.8 Å². The number of rotatable bonds is 6. The van der Waals surface area contributed by atoms with Crippen molar-refractivity contribution in [3.63, 3.8) is 0 Å². The molecule has 0 spiro atoms. The van der Waals surface area contributed by atoms with E-state index < -0.39 is 18.1 Å². The van der Waals surface area contributed by atoms with Crippen molar-refractivity contribution in [2.75, 3.05) is 6.54 Å². The maximum Gasteiger partial charge on any atom is 0.247 e. The molecule has 0 aromatic heterocycles. The van der Waals surface area contributed by atoms with Crippen LogP contribution in [0.1, 0.15) is 46.3 Å². The number of benzene rings is 3. The van der Waals surface area contributed by atoms with E-state index in [9.17, 15) is 14.4 Å². The molecule has 0 bridgehead atoms. The zero-order valence-electron chi connectivity index (χ0n) is 21.6. The average Bonchev–Trinajstić information content (AvgIpc) is 2.91. The minimum Gasteiger partial charge on any atom is -0.354 e. The van der Waals surface area contributed by atoms with E-state index in [0.29, 0.717) is 31.5 Å². The molecule has 1 unspecified atom stereocenters. The molecule has 3 aromatic rings. The Kier molecular flexibility index (Phi) is 6.83. The van der Waals surface area contributed by atoms with Crippen LogP contribution in [0.5, 0.6) is 0 Å². The lowest BCUT2D eigenvalue weighted by atomic mass is 9.88. The third kappa shape index (κ3) is 4.88. The maximum atomic E-state index is 14.0. The van der Waals surface area contributed by atoms with Gasteiger partial charge in [0.25, 0.3) is 0 Å². The van der Waals surface area contributed by atoms with E-state index in [1.807, 2.05) is 62.4 Å². The van der Waals surface area contributed by atoms with Crippen LogP contribution in [0.3, 0.4) is 0 Å². The average molecular weight is 496 g/mol. The highest BCUT2D eigenvalue weighted by atomic mass is 16.2. The molecule has 6 nitrogen and oxygen atoms in total. The molecule has 0 aliphatic carbocycles. The molecule has 5 rings (SSSR count). The molecule has 6 heteroatoms. The van der Waals surface area contributed by atoms with Crippen LogP contribution in [0.4, 0.5) is 0 Å². The zero-order valence-corrected chi connectivity index (χ0v) is 21.6. The molecule has 2 heterocycles. The number of piperazine rings is 1. The van der Waals surface area contributed by atoms with Crippen molar-refractivity contribution in [2.45, 2.75) is 58.3 Å². The molecule has 0 saturated carbocycles. The molecule has 3 amide bonds. The second-order valence-corrected chi connectivity index (χ2v) is 10.2. The second-order valence-electron chi connectivity index (χ2n) is 10.2. The molecule has 190 valence electrons. The zero-order chi connectivity index (χ0) is 26.1. The van der Waals surface area contributed by atoms with Gasteiger partial charge in [-0.15, -0.1) is 0 Å². The molecular weight excluding hydrogens is 462 g/mol. The molecule has 1 fully saturated rings. The summed E-state index contributed by atoms with van der Waals surface area (Å²) < 4.78 is 0. The summed E-state index contributed by atoms with van der Waals surface area (Å²) in [6.07, 6.45) is 1.14. The fraction of sp³-hybridized carbons (Fsp3) is 0.323. The lowest BCUT2D eigenvalue weighted by Gasteiger charge is -2.48. The van der Waals surface area contributed by atoms with Gasteiger partial charge in [0, 0.05) is 19.5 Å². The molecule has 3 atom stereocenters. The highest BCUT2D eigenvalue weighted by molar-refractivity contribution is 6.00. The number of carbonyl (C=O) groups excluding carboxylic acids is 3. The standard InChI is InChI=1S/C31H33N3O3/c1-20-8-12-23(13-9-20)16-17-32-29(35)28(24-14-10-21(2)11-15-24)34-22(3)30(36)33-19-26-7-5-4-6-25(26)18-27(33)31(34)37/h4-15,22,27-28H,16-19H2,1-3H3,(H,32,35)/t22-,27-,28?/m0/s1. The molecule has 1 N–H and O–H groups in total. The first-order valence-electron chi connectivity index (χ1n) is 12.9. The lowest BCUT2D eigenvalue weighted by molar-refractivity contribution is -0.167. The maximum absolute atomic E-state index is 14.0. The Morgan fingerprint density at radius 3 is 2.19 bits per heavy atom. The summed E-state index contributed by atoms with van der Waals surface area (Å²) in [6, 6.07) is 21.6.